The summed E-state index contributed by atoms with van der Waals surface area (Å²) in [7, 11) is 0. The minimum Gasteiger partial charge on any atom is -0.329 e. The molecule has 2 nitrogen and oxygen atoms in total. The Kier molecular flexibility index (Phi) is 4.79. The molecule has 0 aliphatic heterocycles. The normalized spacial score (nSPS) is 17.5. The van der Waals surface area contributed by atoms with E-state index in [-0.39, 0.29) is 0 Å². The van der Waals surface area contributed by atoms with Crippen molar-refractivity contribution in [3.63, 3.8) is 0 Å². The summed E-state index contributed by atoms with van der Waals surface area (Å²) in [5.41, 5.74) is 9.95. The van der Waals surface area contributed by atoms with Crippen molar-refractivity contribution in [2.45, 2.75) is 45.6 Å². The summed E-state index contributed by atoms with van der Waals surface area (Å²) < 4.78 is 0. The van der Waals surface area contributed by atoms with Gasteiger partial charge < -0.3 is 11.1 Å². The highest BCUT2D eigenvalue weighted by molar-refractivity contribution is 5.33. The van der Waals surface area contributed by atoms with Crippen LogP contribution < -0.4 is 11.1 Å². The van der Waals surface area contributed by atoms with Crippen LogP contribution in [0.2, 0.25) is 0 Å². The van der Waals surface area contributed by atoms with E-state index in [0.29, 0.717) is 12.6 Å². The molecule has 0 amide bonds. The van der Waals surface area contributed by atoms with Crippen molar-refractivity contribution in [3.05, 3.63) is 34.9 Å². The molecule has 1 aliphatic carbocycles. The van der Waals surface area contributed by atoms with E-state index in [4.69, 9.17) is 5.73 Å². The number of nitrogens with one attached hydrogen (secondary N) is 1. The first kappa shape index (κ1) is 13.6. The second kappa shape index (κ2) is 6.35. The van der Waals surface area contributed by atoms with Crippen molar-refractivity contribution in [2.75, 3.05) is 13.1 Å². The van der Waals surface area contributed by atoms with Crippen LogP contribution in [0.1, 0.15) is 48.4 Å². The van der Waals surface area contributed by atoms with Crippen molar-refractivity contribution in [2.24, 2.45) is 11.7 Å². The van der Waals surface area contributed by atoms with Gasteiger partial charge in [-0.1, -0.05) is 43.0 Å². The zero-order valence-electron chi connectivity index (χ0n) is 11.7. The van der Waals surface area contributed by atoms with Gasteiger partial charge in [0.05, 0.1) is 0 Å². The van der Waals surface area contributed by atoms with E-state index in [2.05, 4.69) is 37.4 Å². The molecule has 1 unspecified atom stereocenters. The minimum atomic E-state index is 0.310. The maximum absolute atomic E-state index is 5.92. The standard InChI is InChI=1S/C16H26N2/c1-12-6-7-13(2)15(10-12)16(11-17)18-9-8-14-4-3-5-14/h6-7,10,14,16,18H,3-5,8-9,11,17H2,1-2H3. The fraction of sp³-hybridized carbons (Fsp3) is 0.625. The van der Waals surface area contributed by atoms with Crippen molar-refractivity contribution in [1.29, 1.82) is 0 Å². The molecule has 1 aromatic carbocycles. The topological polar surface area (TPSA) is 38.0 Å². The van der Waals surface area contributed by atoms with Gasteiger partial charge in [0.1, 0.15) is 0 Å². The summed E-state index contributed by atoms with van der Waals surface area (Å²) in [6.07, 6.45) is 5.60. The van der Waals surface area contributed by atoms with Crippen LogP contribution in [-0.2, 0) is 0 Å². The first-order valence-corrected chi connectivity index (χ1v) is 7.21. The van der Waals surface area contributed by atoms with E-state index in [1.54, 1.807) is 0 Å². The third-order valence-electron chi connectivity index (χ3n) is 4.21. The Labute approximate surface area is 111 Å². The second-order valence-electron chi connectivity index (χ2n) is 5.69. The van der Waals surface area contributed by atoms with E-state index in [1.165, 1.54) is 42.4 Å². The molecule has 0 aromatic heterocycles. The Morgan fingerprint density at radius 3 is 2.72 bits per heavy atom. The van der Waals surface area contributed by atoms with Crippen molar-refractivity contribution < 1.29 is 0 Å². The lowest BCUT2D eigenvalue weighted by Crippen LogP contribution is -2.31. The number of rotatable bonds is 6. The SMILES string of the molecule is Cc1ccc(C)c(C(CN)NCCC2CCC2)c1. The van der Waals surface area contributed by atoms with Gasteiger partial charge in [0.2, 0.25) is 0 Å². The van der Waals surface area contributed by atoms with Gasteiger partial charge in [-0.3, -0.25) is 0 Å². The number of nitrogens with two attached hydrogens (primary N) is 1. The van der Waals surface area contributed by atoms with Gasteiger partial charge in [-0.25, -0.2) is 0 Å². The first-order valence-electron chi connectivity index (χ1n) is 7.21. The first-order chi connectivity index (χ1) is 8.70. The summed E-state index contributed by atoms with van der Waals surface area (Å²) in [6, 6.07) is 6.94. The molecule has 3 N–H and O–H groups in total. The van der Waals surface area contributed by atoms with Gasteiger partial charge in [0, 0.05) is 12.6 Å². The Morgan fingerprint density at radius 2 is 2.11 bits per heavy atom. The number of hydrogen-bond acceptors (Lipinski definition) is 2. The van der Waals surface area contributed by atoms with Crippen LogP contribution in [-0.4, -0.2) is 13.1 Å². The minimum absolute atomic E-state index is 0.310. The van der Waals surface area contributed by atoms with Crippen molar-refractivity contribution in [3.8, 4) is 0 Å². The fourth-order valence-corrected chi connectivity index (χ4v) is 2.70. The van der Waals surface area contributed by atoms with Crippen LogP contribution >= 0.6 is 0 Å². The summed E-state index contributed by atoms with van der Waals surface area (Å²) in [5.74, 6) is 0.967. The number of hydrogen-bond donors (Lipinski definition) is 2. The Balaban J connectivity index is 1.91. The molecular weight excluding hydrogens is 220 g/mol. The summed E-state index contributed by atoms with van der Waals surface area (Å²) in [4.78, 5) is 0. The van der Waals surface area contributed by atoms with Gasteiger partial charge in [-0.15, -0.1) is 0 Å². The highest BCUT2D eigenvalue weighted by Gasteiger charge is 2.18. The molecule has 1 aliphatic rings. The van der Waals surface area contributed by atoms with Crippen LogP contribution in [0, 0.1) is 19.8 Å². The maximum atomic E-state index is 5.92. The highest BCUT2D eigenvalue weighted by atomic mass is 14.9. The van der Waals surface area contributed by atoms with Gasteiger partial charge in [-0.2, -0.15) is 0 Å². The molecular formula is C16H26N2. The van der Waals surface area contributed by atoms with Crippen LogP contribution in [0.3, 0.4) is 0 Å². The molecule has 1 fully saturated rings. The molecule has 1 atom stereocenters. The van der Waals surface area contributed by atoms with Gasteiger partial charge in [0.25, 0.3) is 0 Å². The Morgan fingerprint density at radius 1 is 1.33 bits per heavy atom. The third-order valence-corrected chi connectivity index (χ3v) is 4.21. The molecule has 1 aromatic rings. The predicted molar refractivity (Wildman–Crippen MR) is 77.7 cm³/mol. The zero-order chi connectivity index (χ0) is 13.0. The van der Waals surface area contributed by atoms with Crippen LogP contribution in [0.15, 0.2) is 18.2 Å². The summed E-state index contributed by atoms with van der Waals surface area (Å²) in [5, 5.41) is 3.63. The Bertz CT molecular complexity index is 383. The molecule has 2 heteroatoms. The molecule has 100 valence electrons. The van der Waals surface area contributed by atoms with E-state index in [9.17, 15) is 0 Å². The average molecular weight is 246 g/mol. The van der Waals surface area contributed by atoms with E-state index < -0.39 is 0 Å². The van der Waals surface area contributed by atoms with Crippen LogP contribution in [0.5, 0.6) is 0 Å². The molecule has 0 bridgehead atoms. The average Bonchev–Trinajstić information content (AvgIpc) is 2.31. The molecule has 0 heterocycles. The lowest BCUT2D eigenvalue weighted by Gasteiger charge is -2.27. The predicted octanol–water partition coefficient (Wildman–Crippen LogP) is 3.08. The van der Waals surface area contributed by atoms with Crippen LogP contribution in [0.25, 0.3) is 0 Å². The second-order valence-corrected chi connectivity index (χ2v) is 5.69. The summed E-state index contributed by atoms with van der Waals surface area (Å²) in [6.45, 7) is 6.09. The molecule has 18 heavy (non-hydrogen) atoms. The largest absolute Gasteiger partial charge is 0.329 e. The molecule has 0 saturated heterocycles. The lowest BCUT2D eigenvalue weighted by molar-refractivity contribution is 0.288. The number of benzene rings is 1. The van der Waals surface area contributed by atoms with Crippen LogP contribution in [0.4, 0.5) is 0 Å². The van der Waals surface area contributed by atoms with Crippen molar-refractivity contribution >= 4 is 0 Å². The lowest BCUT2D eigenvalue weighted by atomic mass is 9.83. The highest BCUT2D eigenvalue weighted by Crippen LogP contribution is 2.29. The molecule has 1 saturated carbocycles. The van der Waals surface area contributed by atoms with Gasteiger partial charge in [0.15, 0.2) is 0 Å². The van der Waals surface area contributed by atoms with E-state index in [0.717, 1.165) is 12.5 Å². The van der Waals surface area contributed by atoms with Gasteiger partial charge >= 0.3 is 0 Å². The summed E-state index contributed by atoms with van der Waals surface area (Å²) >= 11 is 0. The maximum Gasteiger partial charge on any atom is 0.0447 e. The fourth-order valence-electron chi connectivity index (χ4n) is 2.70. The number of aryl methyl sites for hydroxylation is 2. The quantitative estimate of drug-likeness (QED) is 0.809. The monoisotopic (exact) mass is 246 g/mol. The van der Waals surface area contributed by atoms with Crippen molar-refractivity contribution in [1.82, 2.24) is 5.32 Å². The zero-order valence-corrected chi connectivity index (χ0v) is 11.7. The van der Waals surface area contributed by atoms with Gasteiger partial charge in [-0.05, 0) is 43.9 Å². The van der Waals surface area contributed by atoms with E-state index >= 15 is 0 Å². The van der Waals surface area contributed by atoms with E-state index in [1.807, 2.05) is 0 Å². The molecule has 2 rings (SSSR count). The molecule has 0 spiro atoms. The third kappa shape index (κ3) is 3.33. The Hall–Kier alpha value is -0.860. The molecule has 0 radical (unpaired) electrons. The smallest absolute Gasteiger partial charge is 0.0447 e.